The first-order valence-electron chi connectivity index (χ1n) is 9.32. The van der Waals surface area contributed by atoms with E-state index in [0.29, 0.717) is 30.3 Å². The number of aryl methyl sites for hydroxylation is 1. The minimum absolute atomic E-state index is 0.0535. The van der Waals surface area contributed by atoms with Crippen LogP contribution in [0.15, 0.2) is 18.2 Å². The quantitative estimate of drug-likeness (QED) is 0.676. The Morgan fingerprint density at radius 3 is 2.57 bits per heavy atom. The van der Waals surface area contributed by atoms with E-state index >= 15 is 0 Å². The molecule has 162 valence electrons. The van der Waals surface area contributed by atoms with Crippen molar-refractivity contribution in [1.82, 2.24) is 9.97 Å². The molecule has 0 spiro atoms. The molecular formula is C20H22F3N3O4. The Labute approximate surface area is 171 Å². The van der Waals surface area contributed by atoms with Crippen LogP contribution in [0.3, 0.4) is 0 Å². The summed E-state index contributed by atoms with van der Waals surface area (Å²) in [6.07, 6.45) is -3.89. The molecule has 30 heavy (non-hydrogen) atoms. The number of halogens is 3. The van der Waals surface area contributed by atoms with Gasteiger partial charge in [-0.15, -0.1) is 0 Å². The largest absolute Gasteiger partial charge is 0.469 e. The first-order chi connectivity index (χ1) is 14.3. The number of ether oxygens (including phenoxy) is 3. The molecule has 10 heteroatoms. The Morgan fingerprint density at radius 2 is 1.93 bits per heavy atom. The van der Waals surface area contributed by atoms with Gasteiger partial charge in [0, 0.05) is 5.56 Å². The Balaban J connectivity index is 2.00. The van der Waals surface area contributed by atoms with Crippen molar-refractivity contribution in [2.75, 3.05) is 25.6 Å². The van der Waals surface area contributed by atoms with Crippen LogP contribution in [0.1, 0.15) is 53.9 Å². The highest BCUT2D eigenvalue weighted by molar-refractivity contribution is 5.73. The molecule has 0 saturated carbocycles. The zero-order valence-electron chi connectivity index (χ0n) is 16.7. The van der Waals surface area contributed by atoms with Gasteiger partial charge in [0.1, 0.15) is 17.5 Å². The number of esters is 1. The molecule has 0 unspecified atom stereocenters. The van der Waals surface area contributed by atoms with Gasteiger partial charge in [0.2, 0.25) is 0 Å². The molecule has 1 aliphatic rings. The Kier molecular flexibility index (Phi) is 6.88. The first-order valence-corrected chi connectivity index (χ1v) is 9.32. The summed E-state index contributed by atoms with van der Waals surface area (Å²) in [4.78, 5) is 20.5. The van der Waals surface area contributed by atoms with Gasteiger partial charge in [-0.05, 0) is 13.8 Å². The second kappa shape index (κ2) is 9.40. The van der Waals surface area contributed by atoms with Crippen LogP contribution in [0.4, 0.5) is 19.0 Å². The average Bonchev–Trinajstić information content (AvgIpc) is 3.21. The Bertz CT molecular complexity index is 920. The van der Waals surface area contributed by atoms with Crippen LogP contribution in [0, 0.1) is 12.7 Å². The van der Waals surface area contributed by atoms with Crippen LogP contribution in [0.5, 0.6) is 0 Å². The molecule has 1 N–H and O–H groups in total. The van der Waals surface area contributed by atoms with Crippen molar-refractivity contribution < 1.29 is 32.2 Å². The maximum atomic E-state index is 14.6. The van der Waals surface area contributed by atoms with Crippen molar-refractivity contribution in [3.63, 3.8) is 0 Å². The van der Waals surface area contributed by atoms with Crippen molar-refractivity contribution in [1.29, 1.82) is 0 Å². The molecule has 0 radical (unpaired) electrons. The van der Waals surface area contributed by atoms with E-state index in [-0.39, 0.29) is 17.8 Å². The lowest BCUT2D eigenvalue weighted by Crippen LogP contribution is -2.19. The molecule has 1 fully saturated rings. The van der Waals surface area contributed by atoms with Gasteiger partial charge in [-0.1, -0.05) is 18.2 Å². The number of nitrogens with one attached hydrogen (secondary N) is 1. The van der Waals surface area contributed by atoms with E-state index in [1.54, 1.807) is 13.8 Å². The highest BCUT2D eigenvalue weighted by Gasteiger charge is 2.29. The molecule has 1 aliphatic heterocycles. The fourth-order valence-corrected chi connectivity index (χ4v) is 3.22. The summed E-state index contributed by atoms with van der Waals surface area (Å²) in [6.45, 7) is 3.94. The maximum Gasteiger partial charge on any atom is 0.311 e. The number of aromatic nitrogens is 2. The van der Waals surface area contributed by atoms with Crippen molar-refractivity contribution in [3.8, 4) is 0 Å². The number of hydrogen-bond acceptors (Lipinski definition) is 7. The molecule has 2 aromatic rings. The van der Waals surface area contributed by atoms with Crippen molar-refractivity contribution in [2.45, 2.75) is 39.0 Å². The smallest absolute Gasteiger partial charge is 0.311 e. The molecule has 0 bridgehead atoms. The zero-order valence-corrected chi connectivity index (χ0v) is 16.7. The molecule has 0 aliphatic carbocycles. The Hall–Kier alpha value is -2.72. The van der Waals surface area contributed by atoms with E-state index in [1.807, 2.05) is 0 Å². The van der Waals surface area contributed by atoms with Crippen molar-refractivity contribution in [2.24, 2.45) is 0 Å². The second-order valence-corrected chi connectivity index (χ2v) is 6.72. The number of benzene rings is 1. The fraction of sp³-hybridized carbons (Fsp3) is 0.450. The molecule has 3 rings (SSSR count). The van der Waals surface area contributed by atoms with E-state index in [4.69, 9.17) is 14.2 Å². The summed E-state index contributed by atoms with van der Waals surface area (Å²) in [5.74, 6) is -0.875. The summed E-state index contributed by atoms with van der Waals surface area (Å²) < 4.78 is 56.6. The van der Waals surface area contributed by atoms with Crippen LogP contribution < -0.4 is 5.32 Å². The number of rotatable bonds is 7. The molecule has 0 amide bonds. The topological polar surface area (TPSA) is 82.6 Å². The lowest BCUT2D eigenvalue weighted by Gasteiger charge is -2.22. The predicted octanol–water partition coefficient (Wildman–Crippen LogP) is 3.80. The van der Waals surface area contributed by atoms with Gasteiger partial charge in [0.25, 0.3) is 6.43 Å². The standard InChI is InChI=1S/C20H22F3N3O4/c1-10(12-5-4-6-13(17(12)21)18(22)23)24-19-16(20-29-7-8-30-20)14(9-15(27)28-3)25-11(2)26-19/h4-6,10,18,20H,7-9H2,1-3H3,(H,24,25,26)/t10-/m1/s1. The van der Waals surface area contributed by atoms with Gasteiger partial charge >= 0.3 is 5.97 Å². The number of anilines is 1. The van der Waals surface area contributed by atoms with E-state index in [1.165, 1.54) is 19.2 Å². The van der Waals surface area contributed by atoms with Crippen LogP contribution in [-0.4, -0.2) is 36.3 Å². The normalized spacial score (nSPS) is 15.4. The molecule has 1 atom stereocenters. The minimum atomic E-state index is -2.93. The van der Waals surface area contributed by atoms with Crippen LogP contribution in [0.25, 0.3) is 0 Å². The van der Waals surface area contributed by atoms with E-state index < -0.39 is 36.1 Å². The van der Waals surface area contributed by atoms with E-state index in [9.17, 15) is 18.0 Å². The molecule has 7 nitrogen and oxygen atoms in total. The highest BCUT2D eigenvalue weighted by atomic mass is 19.3. The van der Waals surface area contributed by atoms with E-state index in [0.717, 1.165) is 6.07 Å². The number of carbonyl (C=O) groups excluding carboxylic acids is 1. The van der Waals surface area contributed by atoms with Gasteiger partial charge in [0.15, 0.2) is 6.29 Å². The third-order valence-electron chi connectivity index (χ3n) is 4.65. The van der Waals surface area contributed by atoms with Gasteiger partial charge in [-0.2, -0.15) is 0 Å². The summed E-state index contributed by atoms with van der Waals surface area (Å²) in [7, 11) is 1.26. The van der Waals surface area contributed by atoms with Crippen LogP contribution in [-0.2, 0) is 25.4 Å². The highest BCUT2D eigenvalue weighted by Crippen LogP contribution is 2.34. The van der Waals surface area contributed by atoms with Crippen molar-refractivity contribution in [3.05, 3.63) is 52.2 Å². The maximum absolute atomic E-state index is 14.6. The Morgan fingerprint density at radius 1 is 1.27 bits per heavy atom. The van der Waals surface area contributed by atoms with Crippen LogP contribution >= 0.6 is 0 Å². The SMILES string of the molecule is COC(=O)Cc1nc(C)nc(N[C@H](C)c2cccc(C(F)F)c2F)c1C1OCCO1. The lowest BCUT2D eigenvalue weighted by molar-refractivity contribution is -0.139. The van der Waals surface area contributed by atoms with Crippen LogP contribution in [0.2, 0.25) is 0 Å². The molecule has 1 aromatic heterocycles. The molecule has 1 saturated heterocycles. The van der Waals surface area contributed by atoms with Crippen molar-refractivity contribution >= 4 is 11.8 Å². The summed E-state index contributed by atoms with van der Waals surface area (Å²) in [5, 5.41) is 3.04. The number of methoxy groups -OCH3 is 1. The first kappa shape index (κ1) is 22.0. The fourth-order valence-electron chi connectivity index (χ4n) is 3.22. The number of nitrogens with zero attached hydrogens (tertiary/aromatic N) is 2. The molecule has 1 aromatic carbocycles. The molecular weight excluding hydrogens is 403 g/mol. The third kappa shape index (κ3) is 4.71. The van der Waals surface area contributed by atoms with Gasteiger partial charge in [-0.3, -0.25) is 4.79 Å². The number of hydrogen-bond donors (Lipinski definition) is 1. The van der Waals surface area contributed by atoms with Gasteiger partial charge in [-0.25, -0.2) is 23.1 Å². The third-order valence-corrected chi connectivity index (χ3v) is 4.65. The second-order valence-electron chi connectivity index (χ2n) is 6.72. The van der Waals surface area contributed by atoms with E-state index in [2.05, 4.69) is 15.3 Å². The number of carbonyl (C=O) groups is 1. The monoisotopic (exact) mass is 425 g/mol. The molecule has 2 heterocycles. The summed E-state index contributed by atoms with van der Waals surface area (Å²) >= 11 is 0. The predicted molar refractivity (Wildman–Crippen MR) is 101 cm³/mol. The minimum Gasteiger partial charge on any atom is -0.469 e. The summed E-state index contributed by atoms with van der Waals surface area (Å²) in [5.41, 5.74) is 0.116. The number of alkyl halides is 2. The summed E-state index contributed by atoms with van der Waals surface area (Å²) in [6, 6.07) is 3.12. The average molecular weight is 425 g/mol. The van der Waals surface area contributed by atoms with Gasteiger partial charge < -0.3 is 19.5 Å². The lowest BCUT2D eigenvalue weighted by atomic mass is 10.0. The van der Waals surface area contributed by atoms with Gasteiger partial charge in [0.05, 0.1) is 49.6 Å². The zero-order chi connectivity index (χ0) is 21.8.